The Morgan fingerprint density at radius 1 is 0.343 bits per heavy atom. The van der Waals surface area contributed by atoms with Gasteiger partial charge < -0.3 is 19.7 Å². The zero-order valence-corrected chi connectivity index (χ0v) is 42.2. The predicted molar refractivity (Wildman–Crippen MR) is 295 cm³/mol. The van der Waals surface area contributed by atoms with Gasteiger partial charge in [0.25, 0.3) is 0 Å². The monoisotopic (exact) mass is 996 g/mol. The van der Waals surface area contributed by atoms with Crippen molar-refractivity contribution in [2.75, 3.05) is 14.2 Å². The highest BCUT2D eigenvalue weighted by atomic mass is 32.2. The SMILES string of the molecule is COc1cc2cc(c1)CSCc1ccc(cc1)-c1cccc(c1C(=O)O)-c1ccc(cc1)CSCc1cc(cc(OC)c1)CSCc1ccc(cc1)-c1cccc(c1C(=O)O)-c1ccc(cc1)CSC2. The van der Waals surface area contributed by atoms with Crippen LogP contribution in [0.5, 0.6) is 11.5 Å². The Hall–Kier alpha value is -6.30. The third-order valence-electron chi connectivity index (χ3n) is 12.3. The second-order valence-electron chi connectivity index (χ2n) is 17.2. The number of benzene rings is 8. The number of carboxylic acids is 2. The van der Waals surface area contributed by atoms with Gasteiger partial charge in [-0.25, -0.2) is 9.59 Å². The molecule has 8 aromatic rings. The first-order valence-electron chi connectivity index (χ1n) is 23.0. The summed E-state index contributed by atoms with van der Waals surface area (Å²) in [5.41, 5.74) is 16.3. The zero-order chi connectivity index (χ0) is 48.4. The van der Waals surface area contributed by atoms with Gasteiger partial charge in [-0.2, -0.15) is 47.0 Å². The van der Waals surface area contributed by atoms with Gasteiger partial charge in [0.15, 0.2) is 0 Å². The summed E-state index contributed by atoms with van der Waals surface area (Å²) in [6, 6.07) is 57.4. The largest absolute Gasteiger partial charge is 0.497 e. The van der Waals surface area contributed by atoms with Gasteiger partial charge in [-0.05, 0) is 113 Å². The molecule has 0 fully saturated rings. The van der Waals surface area contributed by atoms with Crippen LogP contribution < -0.4 is 9.47 Å². The van der Waals surface area contributed by atoms with Crippen molar-refractivity contribution < 1.29 is 29.3 Å². The van der Waals surface area contributed by atoms with Gasteiger partial charge in [0.05, 0.1) is 25.3 Å². The lowest BCUT2D eigenvalue weighted by molar-refractivity contribution is 0.0687. The molecule has 0 unspecified atom stereocenters. The highest BCUT2D eigenvalue weighted by Gasteiger charge is 2.20. The molecule has 6 nitrogen and oxygen atoms in total. The van der Waals surface area contributed by atoms with Gasteiger partial charge in [0.1, 0.15) is 11.5 Å². The van der Waals surface area contributed by atoms with Crippen LogP contribution in [0.4, 0.5) is 0 Å². The van der Waals surface area contributed by atoms with E-state index in [4.69, 9.17) is 9.47 Å². The van der Waals surface area contributed by atoms with Crippen molar-refractivity contribution in [1.29, 1.82) is 0 Å². The molecule has 0 aromatic heterocycles. The molecule has 0 spiro atoms. The summed E-state index contributed by atoms with van der Waals surface area (Å²) < 4.78 is 11.4. The molecule has 0 radical (unpaired) electrons. The summed E-state index contributed by atoms with van der Waals surface area (Å²) in [5, 5.41) is 21.1. The fraction of sp³-hybridized carbons (Fsp3) is 0.167. The number of methoxy groups -OCH3 is 2. The highest BCUT2D eigenvalue weighted by Crippen LogP contribution is 2.37. The van der Waals surface area contributed by atoms with E-state index in [0.29, 0.717) is 33.4 Å². The van der Waals surface area contributed by atoms with E-state index in [1.54, 1.807) is 14.2 Å². The second-order valence-corrected chi connectivity index (χ2v) is 21.1. The molecule has 7 aliphatic rings. The summed E-state index contributed by atoms with van der Waals surface area (Å²) in [4.78, 5) is 25.8. The van der Waals surface area contributed by atoms with Crippen molar-refractivity contribution in [2.24, 2.45) is 0 Å². The lowest BCUT2D eigenvalue weighted by Crippen LogP contribution is -2.03. The number of thioether (sulfide) groups is 4. The Kier molecular flexibility index (Phi) is 16.1. The van der Waals surface area contributed by atoms with Crippen LogP contribution in [-0.2, 0) is 46.0 Å². The maximum absolute atomic E-state index is 12.9. The van der Waals surface area contributed by atoms with Crippen LogP contribution in [0.2, 0.25) is 0 Å². The molecule has 352 valence electrons. The molecule has 7 heterocycles. The van der Waals surface area contributed by atoms with Crippen LogP contribution in [0.25, 0.3) is 44.5 Å². The Morgan fingerprint density at radius 3 is 0.786 bits per heavy atom. The van der Waals surface area contributed by atoms with E-state index < -0.39 is 11.9 Å². The molecule has 0 saturated carbocycles. The normalized spacial score (nSPS) is 13.4. The Labute approximate surface area is 427 Å². The summed E-state index contributed by atoms with van der Waals surface area (Å²) in [7, 11) is 3.41. The summed E-state index contributed by atoms with van der Waals surface area (Å²) in [6.45, 7) is 0. The van der Waals surface area contributed by atoms with Crippen LogP contribution in [0.15, 0.2) is 170 Å². The average molecular weight is 997 g/mol. The molecule has 7 aliphatic heterocycles. The smallest absolute Gasteiger partial charge is 0.336 e. The van der Waals surface area contributed by atoms with Crippen molar-refractivity contribution in [3.8, 4) is 56.0 Å². The second kappa shape index (κ2) is 23.1. The number of ether oxygens (including phenoxy) is 2. The quantitative estimate of drug-likeness (QED) is 0.178. The molecule has 16 bridgehead atoms. The summed E-state index contributed by atoms with van der Waals surface area (Å²) >= 11 is 7.32. The summed E-state index contributed by atoms with van der Waals surface area (Å²) in [6.07, 6.45) is 0. The van der Waals surface area contributed by atoms with Gasteiger partial charge in [-0.3, -0.25) is 0 Å². The molecule has 0 aliphatic carbocycles. The standard InChI is InChI=1S/C60H52O6S4/c1-65-51-27-43-25-44(28-51)36-68-32-40-11-19-48(20-12-40)54-6-4-8-56(58(54)60(63)64)50-23-15-42(16-24-50)34-70-38-46-26-45(29-52(30-46)66-2)37-69-33-41-13-21-49(22-14-41)55-7-3-5-53(57(55)59(61)62)47-17-9-39(10-18-47)31-67-35-43/h3-30H,31-38H2,1-2H3,(H,61,62)(H,63,64). The van der Waals surface area contributed by atoms with E-state index in [-0.39, 0.29) is 0 Å². The third kappa shape index (κ3) is 12.0. The fourth-order valence-electron chi connectivity index (χ4n) is 8.82. The van der Waals surface area contributed by atoms with Gasteiger partial charge >= 0.3 is 11.9 Å². The molecular weight excluding hydrogens is 945 g/mol. The number of rotatable bonds is 4. The lowest BCUT2D eigenvalue weighted by atomic mass is 9.91. The maximum Gasteiger partial charge on any atom is 0.336 e. The van der Waals surface area contributed by atoms with Crippen LogP contribution in [-0.4, -0.2) is 36.4 Å². The fourth-order valence-corrected chi connectivity index (χ4v) is 12.6. The first-order chi connectivity index (χ1) is 34.2. The van der Waals surface area contributed by atoms with Gasteiger partial charge in [-0.15, -0.1) is 0 Å². The number of carboxylic acid groups (broad SMARTS) is 2. The molecular formula is C60H52O6S4. The lowest BCUT2D eigenvalue weighted by Gasteiger charge is -2.14. The van der Waals surface area contributed by atoms with Crippen LogP contribution >= 0.6 is 47.0 Å². The zero-order valence-electron chi connectivity index (χ0n) is 39.0. The molecule has 0 amide bonds. The highest BCUT2D eigenvalue weighted by molar-refractivity contribution is 7.98. The Bertz CT molecular complexity index is 2720. The predicted octanol–water partition coefficient (Wildman–Crippen LogP) is 15.8. The van der Waals surface area contributed by atoms with E-state index >= 15 is 0 Å². The van der Waals surface area contributed by atoms with Crippen LogP contribution in [0, 0.1) is 0 Å². The Balaban J connectivity index is 0.972. The molecule has 70 heavy (non-hydrogen) atoms. The summed E-state index contributed by atoms with van der Waals surface area (Å²) in [5.74, 6) is 6.24. The number of hydrogen-bond donors (Lipinski definition) is 2. The van der Waals surface area contributed by atoms with E-state index in [0.717, 1.165) is 102 Å². The molecule has 8 aromatic carbocycles. The minimum Gasteiger partial charge on any atom is -0.497 e. The van der Waals surface area contributed by atoms with Crippen molar-refractivity contribution in [3.63, 3.8) is 0 Å². The van der Waals surface area contributed by atoms with Gasteiger partial charge in [-0.1, -0.05) is 146 Å². The van der Waals surface area contributed by atoms with Crippen LogP contribution in [0.3, 0.4) is 0 Å². The van der Waals surface area contributed by atoms with Crippen LogP contribution in [0.1, 0.15) is 65.2 Å². The number of hydrogen-bond acceptors (Lipinski definition) is 8. The first kappa shape index (κ1) is 48.7. The van der Waals surface area contributed by atoms with Gasteiger partial charge in [0.2, 0.25) is 0 Å². The van der Waals surface area contributed by atoms with E-state index in [2.05, 4.69) is 84.9 Å². The minimum absolute atomic E-state index is 0.299. The van der Waals surface area contributed by atoms with Crippen molar-refractivity contribution >= 4 is 59.0 Å². The molecule has 2 N–H and O–H groups in total. The topological polar surface area (TPSA) is 93.1 Å². The number of aromatic carboxylic acids is 2. The van der Waals surface area contributed by atoms with E-state index in [9.17, 15) is 19.8 Å². The average Bonchev–Trinajstić information content (AvgIpc) is 3.38. The molecule has 0 saturated heterocycles. The van der Waals surface area contributed by atoms with Crippen molar-refractivity contribution in [1.82, 2.24) is 0 Å². The number of carbonyl (C=O) groups is 2. The third-order valence-corrected chi connectivity index (χ3v) is 16.6. The molecule has 0 atom stereocenters. The first-order valence-corrected chi connectivity index (χ1v) is 27.6. The van der Waals surface area contributed by atoms with Crippen molar-refractivity contribution in [2.45, 2.75) is 46.0 Å². The minimum atomic E-state index is -0.950. The van der Waals surface area contributed by atoms with Gasteiger partial charge in [0, 0.05) is 46.0 Å². The van der Waals surface area contributed by atoms with Crippen molar-refractivity contribution in [3.05, 3.63) is 225 Å². The van der Waals surface area contributed by atoms with E-state index in [1.807, 2.05) is 132 Å². The maximum atomic E-state index is 12.9. The molecule has 15 rings (SSSR count). The molecule has 10 heteroatoms. The van der Waals surface area contributed by atoms with E-state index in [1.165, 1.54) is 22.3 Å². The Morgan fingerprint density at radius 2 is 0.571 bits per heavy atom.